The Morgan fingerprint density at radius 3 is 3.30 bits per heavy atom. The van der Waals surface area contributed by atoms with Crippen molar-refractivity contribution in [1.82, 2.24) is 9.73 Å². The molecule has 0 radical (unpaired) electrons. The highest BCUT2D eigenvalue weighted by Gasteiger charge is 1.96. The molecule has 2 rings (SSSR count). The number of hydrogen-bond acceptors (Lipinski definition) is 2. The number of fused-ring (bicyclic) bond motifs is 1. The molecule has 50 valence electrons. The fourth-order valence-electron chi connectivity index (χ4n) is 0.847. The Labute approximate surface area is 56.9 Å². The fourth-order valence-corrected chi connectivity index (χ4v) is 0.847. The molecule has 0 saturated carbocycles. The summed E-state index contributed by atoms with van der Waals surface area (Å²) in [5.41, 5.74) is 0. The highest BCUT2D eigenvalue weighted by molar-refractivity contribution is 4.92. The predicted octanol–water partition coefficient (Wildman–Crippen LogP) is -1.01. The monoisotopic (exact) mass is 135 g/mol. The van der Waals surface area contributed by atoms with Crippen LogP contribution in [0.15, 0.2) is 30.7 Å². The van der Waals surface area contributed by atoms with Gasteiger partial charge >= 0.3 is 0 Å². The molecule has 4 nitrogen and oxygen atoms in total. The lowest BCUT2D eigenvalue weighted by molar-refractivity contribution is -0.673. The van der Waals surface area contributed by atoms with Gasteiger partial charge in [0.05, 0.1) is 12.1 Å². The number of rotatable bonds is 0. The van der Waals surface area contributed by atoms with Crippen molar-refractivity contribution in [2.75, 3.05) is 0 Å². The standard InChI is InChI=1S/C6H5N3O/c10-6-2-3-7-9-5-1-4-8(6)9/h1-5H. The van der Waals surface area contributed by atoms with Crippen LogP contribution in [0.4, 0.5) is 0 Å². The molecule has 2 heterocycles. The molecule has 0 unspecified atom stereocenters. The zero-order chi connectivity index (χ0) is 6.97. The third-order valence-electron chi connectivity index (χ3n) is 1.30. The van der Waals surface area contributed by atoms with Crippen molar-refractivity contribution < 1.29 is 9.62 Å². The molecular weight excluding hydrogens is 130 g/mol. The Kier molecular flexibility index (Phi) is 0.887. The normalized spacial score (nSPS) is 10.4. The second-order valence-corrected chi connectivity index (χ2v) is 1.92. The molecule has 2 aromatic heterocycles. The smallest absolute Gasteiger partial charge is 0.168 e. The first-order chi connectivity index (χ1) is 4.88. The minimum atomic E-state index is -0.0694. The van der Waals surface area contributed by atoms with Gasteiger partial charge in [-0.3, -0.25) is 0 Å². The summed E-state index contributed by atoms with van der Waals surface area (Å²) in [5.74, 6) is -0.0694. The van der Waals surface area contributed by atoms with Crippen LogP contribution in [0.25, 0.3) is 0 Å². The van der Waals surface area contributed by atoms with E-state index >= 15 is 0 Å². The van der Waals surface area contributed by atoms with Gasteiger partial charge in [-0.1, -0.05) is 0 Å². The van der Waals surface area contributed by atoms with Crippen molar-refractivity contribution in [3.05, 3.63) is 30.7 Å². The van der Waals surface area contributed by atoms with Gasteiger partial charge in [-0.2, -0.15) is 0 Å². The van der Waals surface area contributed by atoms with Gasteiger partial charge in [0, 0.05) is 17.2 Å². The summed E-state index contributed by atoms with van der Waals surface area (Å²) in [6.45, 7) is 0. The molecular formula is C6H5N3O. The van der Waals surface area contributed by atoms with Crippen LogP contribution in [-0.2, 0) is 0 Å². The van der Waals surface area contributed by atoms with Crippen LogP contribution < -0.4 is 9.62 Å². The van der Waals surface area contributed by atoms with E-state index < -0.39 is 0 Å². The van der Waals surface area contributed by atoms with Crippen LogP contribution in [0.5, 0.6) is 5.88 Å². The zero-order valence-electron chi connectivity index (χ0n) is 5.14. The zero-order valence-corrected chi connectivity index (χ0v) is 5.14. The van der Waals surface area contributed by atoms with Crippen LogP contribution in [0.1, 0.15) is 0 Å². The summed E-state index contributed by atoms with van der Waals surface area (Å²) < 4.78 is 2.89. The summed E-state index contributed by atoms with van der Waals surface area (Å²) in [6.07, 6.45) is 4.85. The summed E-state index contributed by atoms with van der Waals surface area (Å²) in [5, 5.41) is 14.8. The van der Waals surface area contributed by atoms with Gasteiger partial charge in [0.25, 0.3) is 0 Å². The van der Waals surface area contributed by atoms with E-state index in [2.05, 4.69) is 5.10 Å². The van der Waals surface area contributed by atoms with Gasteiger partial charge in [0.1, 0.15) is 6.20 Å². The van der Waals surface area contributed by atoms with E-state index in [-0.39, 0.29) is 5.88 Å². The van der Waals surface area contributed by atoms with Crippen LogP contribution in [0.3, 0.4) is 0 Å². The predicted molar refractivity (Wildman–Crippen MR) is 30.3 cm³/mol. The fraction of sp³-hybridized carbons (Fsp3) is 0. The molecule has 0 aliphatic rings. The van der Waals surface area contributed by atoms with Gasteiger partial charge < -0.3 is 5.11 Å². The average molecular weight is 135 g/mol. The first-order valence-corrected chi connectivity index (χ1v) is 2.89. The van der Waals surface area contributed by atoms with Crippen molar-refractivity contribution in [3.8, 4) is 5.88 Å². The van der Waals surface area contributed by atoms with Gasteiger partial charge in [0.2, 0.25) is 0 Å². The van der Waals surface area contributed by atoms with Crippen molar-refractivity contribution in [3.63, 3.8) is 0 Å². The van der Waals surface area contributed by atoms with E-state index in [1.807, 2.05) is 0 Å². The number of hydrogen-bond donors (Lipinski definition) is 0. The lowest BCUT2D eigenvalue weighted by Crippen LogP contribution is -2.32. The second kappa shape index (κ2) is 1.70. The van der Waals surface area contributed by atoms with Crippen LogP contribution in [-0.4, -0.2) is 9.73 Å². The largest absolute Gasteiger partial charge is 0.840 e. The van der Waals surface area contributed by atoms with Crippen LogP contribution >= 0.6 is 0 Å². The molecule has 0 spiro atoms. The topological polar surface area (TPSA) is 44.5 Å². The first-order valence-electron chi connectivity index (χ1n) is 2.89. The number of aromatic nitrogens is 3. The third-order valence-corrected chi connectivity index (χ3v) is 1.30. The Morgan fingerprint density at radius 1 is 1.60 bits per heavy atom. The maximum Gasteiger partial charge on any atom is 0.168 e. The number of nitrogens with zero attached hydrogens (tertiary/aromatic N) is 3. The minimum absolute atomic E-state index is 0.0694. The molecule has 0 aromatic carbocycles. The van der Waals surface area contributed by atoms with Crippen molar-refractivity contribution in [2.24, 2.45) is 0 Å². The molecule has 0 bridgehead atoms. The molecule has 2 aromatic rings. The van der Waals surface area contributed by atoms with Gasteiger partial charge in [-0.15, -0.1) is 4.52 Å². The Morgan fingerprint density at radius 2 is 2.50 bits per heavy atom. The van der Waals surface area contributed by atoms with E-state index in [4.69, 9.17) is 0 Å². The third kappa shape index (κ3) is 0.556. The Bertz CT molecular complexity index is 355. The first kappa shape index (κ1) is 5.22. The summed E-state index contributed by atoms with van der Waals surface area (Å²) >= 11 is 0. The van der Waals surface area contributed by atoms with E-state index in [1.54, 1.807) is 18.5 Å². The van der Waals surface area contributed by atoms with Gasteiger partial charge in [-0.05, 0) is 4.63 Å². The summed E-state index contributed by atoms with van der Waals surface area (Å²) in [6, 6.07) is 3.18. The Hall–Kier alpha value is -1.58. The molecule has 0 N–H and O–H groups in total. The van der Waals surface area contributed by atoms with Crippen LogP contribution in [0.2, 0.25) is 0 Å². The highest BCUT2D eigenvalue weighted by Crippen LogP contribution is 1.89. The second-order valence-electron chi connectivity index (χ2n) is 1.92. The molecule has 0 aliphatic carbocycles. The quantitative estimate of drug-likeness (QED) is 0.434. The van der Waals surface area contributed by atoms with Gasteiger partial charge in [0.15, 0.2) is 6.20 Å². The van der Waals surface area contributed by atoms with E-state index in [9.17, 15) is 5.11 Å². The molecule has 0 saturated heterocycles. The van der Waals surface area contributed by atoms with Crippen molar-refractivity contribution in [1.29, 1.82) is 0 Å². The van der Waals surface area contributed by atoms with Gasteiger partial charge in [-0.25, -0.2) is 0 Å². The average Bonchev–Trinajstić information content (AvgIpc) is 2.36. The maximum atomic E-state index is 10.9. The van der Waals surface area contributed by atoms with Crippen molar-refractivity contribution >= 4 is 0 Å². The molecule has 0 amide bonds. The minimum Gasteiger partial charge on any atom is -0.840 e. The molecule has 0 aliphatic heterocycles. The summed E-state index contributed by atoms with van der Waals surface area (Å²) in [4.78, 5) is 0. The lowest BCUT2D eigenvalue weighted by atomic mass is 10.7. The lowest BCUT2D eigenvalue weighted by Gasteiger charge is -1.97. The molecule has 10 heavy (non-hydrogen) atoms. The molecule has 0 atom stereocenters. The van der Waals surface area contributed by atoms with E-state index in [0.29, 0.717) is 0 Å². The summed E-state index contributed by atoms with van der Waals surface area (Å²) in [7, 11) is 0. The van der Waals surface area contributed by atoms with Crippen molar-refractivity contribution in [2.45, 2.75) is 0 Å². The van der Waals surface area contributed by atoms with E-state index in [0.717, 1.165) is 0 Å². The van der Waals surface area contributed by atoms with E-state index in [1.165, 1.54) is 21.4 Å². The SMILES string of the molecule is [O-]c1ccnn2ccc[n+]12. The maximum absolute atomic E-state index is 10.9. The van der Waals surface area contributed by atoms with Crippen LogP contribution in [0, 0.1) is 0 Å². The molecule has 4 heteroatoms. The molecule has 0 fully saturated rings. The Balaban J connectivity index is 2.95. The highest BCUT2D eigenvalue weighted by atomic mass is 16.3.